The van der Waals surface area contributed by atoms with E-state index in [0.29, 0.717) is 0 Å². The van der Waals surface area contributed by atoms with E-state index in [9.17, 15) is 9.59 Å². The van der Waals surface area contributed by atoms with Crippen LogP contribution in [0.15, 0.2) is 15.9 Å². The largest absolute Gasteiger partial charge is 0.332 e. The molecule has 0 saturated carbocycles. The zero-order chi connectivity index (χ0) is 10.5. The summed E-state index contributed by atoms with van der Waals surface area (Å²) in [7, 11) is 2.93. The molecule has 2 aromatic heterocycles. The molecule has 0 atom stereocenters. The van der Waals surface area contributed by atoms with Crippen LogP contribution < -0.4 is 11.2 Å². The van der Waals surface area contributed by atoms with E-state index in [1.54, 1.807) is 0 Å². The predicted octanol–water partition coefficient (Wildman–Crippen LogP) is -0.564. The van der Waals surface area contributed by atoms with Crippen molar-refractivity contribution >= 4 is 22.9 Å². The number of nitrogens with zero attached hydrogens (tertiary/aromatic N) is 4. The quantitative estimate of drug-likeness (QED) is 0.591. The zero-order valence-corrected chi connectivity index (χ0v) is 8.32. The van der Waals surface area contributed by atoms with E-state index in [0.717, 1.165) is 8.65 Å². The fraction of sp³-hybridized carbons (Fsp3) is 0.286. The molecule has 2 rings (SSSR count). The molecule has 7 heteroatoms. The first-order valence-electron chi connectivity index (χ1n) is 3.83. The Hall–Kier alpha value is -1.56. The molecule has 0 saturated heterocycles. The van der Waals surface area contributed by atoms with E-state index in [2.05, 4.69) is 4.98 Å². The molecule has 0 aliphatic rings. The molecule has 0 bridgehead atoms. The van der Waals surface area contributed by atoms with Gasteiger partial charge in [0.1, 0.15) is 6.33 Å². The Balaban J connectivity index is 3.22. The topological polar surface area (TPSA) is 61.8 Å². The van der Waals surface area contributed by atoms with Gasteiger partial charge in [-0.1, -0.05) is 0 Å². The Bertz CT molecular complexity index is 621. The monoisotopic (exact) mass is 214 g/mol. The Morgan fingerprint density at radius 1 is 1.29 bits per heavy atom. The van der Waals surface area contributed by atoms with Crippen molar-refractivity contribution in [2.24, 2.45) is 14.1 Å². The van der Waals surface area contributed by atoms with Gasteiger partial charge in [-0.3, -0.25) is 13.9 Å². The van der Waals surface area contributed by atoms with Crippen LogP contribution in [0.2, 0.25) is 0 Å². The lowest BCUT2D eigenvalue weighted by Gasteiger charge is -2.01. The highest BCUT2D eigenvalue weighted by atomic mass is 35.5. The van der Waals surface area contributed by atoms with Crippen molar-refractivity contribution in [2.45, 2.75) is 0 Å². The van der Waals surface area contributed by atoms with E-state index < -0.39 is 11.2 Å². The Morgan fingerprint density at radius 3 is 2.57 bits per heavy atom. The second-order valence-electron chi connectivity index (χ2n) is 2.93. The normalized spacial score (nSPS) is 11.1. The van der Waals surface area contributed by atoms with Gasteiger partial charge in [0.2, 0.25) is 0 Å². The van der Waals surface area contributed by atoms with Crippen molar-refractivity contribution in [1.82, 2.24) is 18.2 Å². The highest BCUT2D eigenvalue weighted by molar-refractivity contribution is 6.18. The standard InChI is InChI=1S/C7H7ClN4O2/c1-10-5-4(12(8)3-9-5)6(13)11(2)7(10)14/h3H,1-2H3. The number of aromatic nitrogens is 4. The minimum absolute atomic E-state index is 0.205. The number of aryl methyl sites for hydroxylation is 1. The van der Waals surface area contributed by atoms with Crippen LogP contribution in [-0.2, 0) is 14.1 Å². The van der Waals surface area contributed by atoms with Crippen LogP contribution in [0.5, 0.6) is 0 Å². The number of fused-ring (bicyclic) bond motifs is 1. The summed E-state index contributed by atoms with van der Waals surface area (Å²) in [5, 5.41) is 0. The third-order valence-electron chi connectivity index (χ3n) is 2.11. The first-order valence-corrected chi connectivity index (χ1v) is 4.17. The van der Waals surface area contributed by atoms with E-state index in [4.69, 9.17) is 11.8 Å². The lowest BCUT2D eigenvalue weighted by molar-refractivity contribution is 0.708. The molecule has 0 spiro atoms. The van der Waals surface area contributed by atoms with Gasteiger partial charge in [-0.05, 0) is 0 Å². The second kappa shape index (κ2) is 2.71. The van der Waals surface area contributed by atoms with Gasteiger partial charge in [0.05, 0.1) is 0 Å². The van der Waals surface area contributed by atoms with Gasteiger partial charge in [-0.2, -0.15) is 0 Å². The fourth-order valence-electron chi connectivity index (χ4n) is 1.31. The summed E-state index contributed by atoms with van der Waals surface area (Å²) in [5.74, 6) is 0. The highest BCUT2D eigenvalue weighted by Gasteiger charge is 2.12. The minimum Gasteiger partial charge on any atom is -0.279 e. The summed E-state index contributed by atoms with van der Waals surface area (Å²) >= 11 is 5.70. The van der Waals surface area contributed by atoms with Crippen LogP contribution >= 0.6 is 11.8 Å². The molecule has 0 amide bonds. The molecular weight excluding hydrogens is 208 g/mol. The predicted molar refractivity (Wildman–Crippen MR) is 51.5 cm³/mol. The molecule has 0 fully saturated rings. The van der Waals surface area contributed by atoms with Crippen molar-refractivity contribution in [3.05, 3.63) is 27.2 Å². The summed E-state index contributed by atoms with van der Waals surface area (Å²) in [5.41, 5.74) is -0.377. The van der Waals surface area contributed by atoms with Gasteiger partial charge >= 0.3 is 5.69 Å². The zero-order valence-electron chi connectivity index (χ0n) is 7.56. The maximum atomic E-state index is 11.6. The third-order valence-corrected chi connectivity index (χ3v) is 2.36. The number of halogens is 1. The van der Waals surface area contributed by atoms with Crippen molar-refractivity contribution in [1.29, 1.82) is 0 Å². The summed E-state index contributed by atoms with van der Waals surface area (Å²) in [4.78, 5) is 26.9. The van der Waals surface area contributed by atoms with E-state index in [1.165, 1.54) is 25.0 Å². The summed E-state index contributed by atoms with van der Waals surface area (Å²) in [6, 6.07) is 0. The highest BCUT2D eigenvalue weighted by Crippen LogP contribution is 2.05. The molecule has 2 heterocycles. The first-order chi connectivity index (χ1) is 6.54. The maximum Gasteiger partial charge on any atom is 0.332 e. The summed E-state index contributed by atoms with van der Waals surface area (Å²) < 4.78 is 3.34. The van der Waals surface area contributed by atoms with Gasteiger partial charge in [-0.25, -0.2) is 13.9 Å². The van der Waals surface area contributed by atoms with Gasteiger partial charge in [0.25, 0.3) is 5.56 Å². The molecule has 0 aliphatic carbocycles. The molecule has 6 nitrogen and oxygen atoms in total. The molecule has 14 heavy (non-hydrogen) atoms. The molecule has 74 valence electrons. The smallest absolute Gasteiger partial charge is 0.279 e. The van der Waals surface area contributed by atoms with Crippen molar-refractivity contribution < 1.29 is 0 Å². The summed E-state index contributed by atoms with van der Waals surface area (Å²) in [6.45, 7) is 0. The first kappa shape index (κ1) is 9.01. The molecular formula is C7H7ClN4O2. The average molecular weight is 215 g/mol. The Kier molecular flexibility index (Phi) is 1.75. The van der Waals surface area contributed by atoms with Crippen LogP contribution in [0.4, 0.5) is 0 Å². The molecule has 0 aromatic carbocycles. The lowest BCUT2D eigenvalue weighted by atomic mass is 10.5. The van der Waals surface area contributed by atoms with Crippen LogP contribution in [0.25, 0.3) is 11.2 Å². The molecule has 0 unspecified atom stereocenters. The Labute approximate surface area is 83.1 Å². The van der Waals surface area contributed by atoms with Gasteiger partial charge < -0.3 is 0 Å². The third kappa shape index (κ3) is 0.941. The van der Waals surface area contributed by atoms with Crippen molar-refractivity contribution in [3.8, 4) is 0 Å². The number of imidazole rings is 1. The SMILES string of the molecule is Cn1c(=O)c2c(ncn2Cl)n(C)c1=O. The van der Waals surface area contributed by atoms with E-state index >= 15 is 0 Å². The summed E-state index contributed by atoms with van der Waals surface area (Å²) in [6.07, 6.45) is 1.28. The van der Waals surface area contributed by atoms with Crippen LogP contribution in [0, 0.1) is 0 Å². The molecule has 0 N–H and O–H groups in total. The minimum atomic E-state index is -0.449. The van der Waals surface area contributed by atoms with Gasteiger partial charge in [-0.15, -0.1) is 0 Å². The van der Waals surface area contributed by atoms with Crippen molar-refractivity contribution in [3.63, 3.8) is 0 Å². The maximum absolute atomic E-state index is 11.6. The fourth-order valence-corrected chi connectivity index (χ4v) is 1.51. The molecule has 2 aromatic rings. The van der Waals surface area contributed by atoms with Crippen LogP contribution in [0.1, 0.15) is 0 Å². The van der Waals surface area contributed by atoms with Crippen LogP contribution in [0.3, 0.4) is 0 Å². The Morgan fingerprint density at radius 2 is 1.93 bits per heavy atom. The van der Waals surface area contributed by atoms with Crippen molar-refractivity contribution in [2.75, 3.05) is 0 Å². The number of hydrogen-bond acceptors (Lipinski definition) is 3. The van der Waals surface area contributed by atoms with Crippen LogP contribution in [-0.4, -0.2) is 18.2 Å². The van der Waals surface area contributed by atoms with Gasteiger partial charge in [0.15, 0.2) is 11.2 Å². The molecule has 0 aliphatic heterocycles. The molecule has 0 radical (unpaired) electrons. The van der Waals surface area contributed by atoms with E-state index in [1.807, 2.05) is 0 Å². The van der Waals surface area contributed by atoms with E-state index in [-0.39, 0.29) is 11.2 Å². The average Bonchev–Trinajstić information content (AvgIpc) is 2.54. The van der Waals surface area contributed by atoms with Gasteiger partial charge in [0, 0.05) is 25.9 Å². The second-order valence-corrected chi connectivity index (χ2v) is 3.30. The lowest BCUT2D eigenvalue weighted by Crippen LogP contribution is -2.37. The number of hydrogen-bond donors (Lipinski definition) is 0. The number of rotatable bonds is 0.